The summed E-state index contributed by atoms with van der Waals surface area (Å²) in [5.41, 5.74) is 1.12. The standard InChI is InChI=1S/C12H19N3O3/c1-4-5-9(12(17)18)6-13-11(16)10-7-15(3)14-8(10)2/h7,9H,4-6H2,1-3H3,(H,13,16)(H,17,18). The Balaban J connectivity index is 2.60. The average molecular weight is 253 g/mol. The molecule has 2 N–H and O–H groups in total. The highest BCUT2D eigenvalue weighted by Gasteiger charge is 2.19. The van der Waals surface area contributed by atoms with Crippen molar-refractivity contribution in [3.05, 3.63) is 17.5 Å². The van der Waals surface area contributed by atoms with Crippen LogP contribution in [0.2, 0.25) is 0 Å². The van der Waals surface area contributed by atoms with Crippen LogP contribution in [0.5, 0.6) is 0 Å². The first-order valence-electron chi connectivity index (χ1n) is 5.97. The van der Waals surface area contributed by atoms with E-state index in [0.717, 1.165) is 6.42 Å². The molecule has 1 atom stereocenters. The number of carboxylic acid groups (broad SMARTS) is 1. The number of hydrogen-bond donors (Lipinski definition) is 2. The minimum absolute atomic E-state index is 0.149. The van der Waals surface area contributed by atoms with Crippen LogP contribution in [0.15, 0.2) is 6.20 Å². The molecule has 0 aliphatic rings. The Hall–Kier alpha value is -1.85. The number of amides is 1. The Morgan fingerprint density at radius 2 is 2.22 bits per heavy atom. The van der Waals surface area contributed by atoms with Crippen molar-refractivity contribution in [1.29, 1.82) is 0 Å². The number of carbonyl (C=O) groups excluding carboxylic acids is 1. The van der Waals surface area contributed by atoms with E-state index >= 15 is 0 Å². The zero-order valence-corrected chi connectivity index (χ0v) is 10.9. The number of nitrogens with one attached hydrogen (secondary N) is 1. The summed E-state index contributed by atoms with van der Waals surface area (Å²) in [5, 5.41) is 15.7. The number of aryl methyl sites for hydroxylation is 2. The second-order valence-corrected chi connectivity index (χ2v) is 4.34. The van der Waals surface area contributed by atoms with E-state index in [4.69, 9.17) is 5.11 Å². The van der Waals surface area contributed by atoms with Gasteiger partial charge >= 0.3 is 5.97 Å². The zero-order valence-electron chi connectivity index (χ0n) is 10.9. The first-order valence-corrected chi connectivity index (χ1v) is 5.97. The predicted molar refractivity (Wildman–Crippen MR) is 66.3 cm³/mol. The maximum atomic E-state index is 11.9. The lowest BCUT2D eigenvalue weighted by Gasteiger charge is -2.11. The summed E-state index contributed by atoms with van der Waals surface area (Å²) in [5.74, 6) is -1.68. The molecule has 0 fully saturated rings. The summed E-state index contributed by atoms with van der Waals surface area (Å²) in [6, 6.07) is 0. The molecular weight excluding hydrogens is 234 g/mol. The summed E-state index contributed by atoms with van der Waals surface area (Å²) in [6.07, 6.45) is 2.96. The monoisotopic (exact) mass is 253 g/mol. The number of nitrogens with zero attached hydrogens (tertiary/aromatic N) is 2. The van der Waals surface area contributed by atoms with Gasteiger partial charge in [-0.05, 0) is 13.3 Å². The fourth-order valence-electron chi connectivity index (χ4n) is 1.79. The number of carbonyl (C=O) groups is 2. The van der Waals surface area contributed by atoms with Gasteiger partial charge in [0.05, 0.1) is 17.2 Å². The van der Waals surface area contributed by atoms with Gasteiger partial charge in [-0.3, -0.25) is 14.3 Å². The van der Waals surface area contributed by atoms with Gasteiger partial charge < -0.3 is 10.4 Å². The van der Waals surface area contributed by atoms with Crippen molar-refractivity contribution in [2.45, 2.75) is 26.7 Å². The molecule has 0 saturated heterocycles. The maximum Gasteiger partial charge on any atom is 0.308 e. The molecule has 1 aromatic heterocycles. The third kappa shape index (κ3) is 3.58. The van der Waals surface area contributed by atoms with Crippen molar-refractivity contribution in [2.75, 3.05) is 6.54 Å². The quantitative estimate of drug-likeness (QED) is 0.790. The van der Waals surface area contributed by atoms with E-state index in [1.165, 1.54) is 0 Å². The van der Waals surface area contributed by atoms with Crippen molar-refractivity contribution in [1.82, 2.24) is 15.1 Å². The number of rotatable bonds is 6. The molecule has 6 nitrogen and oxygen atoms in total. The average Bonchev–Trinajstić information content (AvgIpc) is 2.63. The third-order valence-electron chi connectivity index (χ3n) is 2.75. The molecule has 1 heterocycles. The fraction of sp³-hybridized carbons (Fsp3) is 0.583. The summed E-state index contributed by atoms with van der Waals surface area (Å²) >= 11 is 0. The number of aromatic nitrogens is 2. The highest BCUT2D eigenvalue weighted by Crippen LogP contribution is 2.07. The van der Waals surface area contributed by atoms with Crippen molar-refractivity contribution < 1.29 is 14.7 Å². The predicted octanol–water partition coefficient (Wildman–Crippen LogP) is 0.959. The van der Waals surface area contributed by atoms with E-state index in [2.05, 4.69) is 10.4 Å². The van der Waals surface area contributed by atoms with Crippen molar-refractivity contribution >= 4 is 11.9 Å². The van der Waals surface area contributed by atoms with Crippen LogP contribution in [-0.4, -0.2) is 33.3 Å². The van der Waals surface area contributed by atoms with Crippen LogP contribution in [0.25, 0.3) is 0 Å². The Labute approximate surface area is 106 Å². The molecule has 1 rings (SSSR count). The van der Waals surface area contributed by atoms with Crippen LogP contribution in [-0.2, 0) is 11.8 Å². The molecule has 0 bridgehead atoms. The smallest absolute Gasteiger partial charge is 0.308 e. The van der Waals surface area contributed by atoms with Gasteiger partial charge in [-0.1, -0.05) is 13.3 Å². The van der Waals surface area contributed by atoms with Gasteiger partial charge in [0.1, 0.15) is 0 Å². The van der Waals surface area contributed by atoms with Gasteiger partial charge in [0.2, 0.25) is 0 Å². The molecule has 100 valence electrons. The molecule has 0 aromatic carbocycles. The normalized spacial score (nSPS) is 12.2. The second kappa shape index (κ2) is 6.18. The highest BCUT2D eigenvalue weighted by molar-refractivity contribution is 5.95. The first-order chi connectivity index (χ1) is 8.45. The Kier molecular flexibility index (Phi) is 4.88. The SMILES string of the molecule is CCCC(CNC(=O)c1cn(C)nc1C)C(=O)O. The van der Waals surface area contributed by atoms with Gasteiger partial charge in [0.15, 0.2) is 0 Å². The van der Waals surface area contributed by atoms with Crippen molar-refractivity contribution in [3.63, 3.8) is 0 Å². The molecule has 1 unspecified atom stereocenters. The summed E-state index contributed by atoms with van der Waals surface area (Å²) in [7, 11) is 1.74. The van der Waals surface area contributed by atoms with E-state index in [9.17, 15) is 9.59 Å². The molecule has 1 amide bonds. The summed E-state index contributed by atoms with van der Waals surface area (Å²) in [4.78, 5) is 22.8. The van der Waals surface area contributed by atoms with Crippen molar-refractivity contribution in [3.8, 4) is 0 Å². The van der Waals surface area contributed by atoms with E-state index < -0.39 is 11.9 Å². The van der Waals surface area contributed by atoms with Gasteiger partial charge in [-0.15, -0.1) is 0 Å². The minimum Gasteiger partial charge on any atom is -0.481 e. The molecule has 18 heavy (non-hydrogen) atoms. The van der Waals surface area contributed by atoms with E-state index in [1.807, 2.05) is 6.92 Å². The first kappa shape index (κ1) is 14.2. The molecular formula is C12H19N3O3. The largest absolute Gasteiger partial charge is 0.481 e. The lowest BCUT2D eigenvalue weighted by atomic mass is 10.0. The third-order valence-corrected chi connectivity index (χ3v) is 2.75. The van der Waals surface area contributed by atoms with Crippen LogP contribution >= 0.6 is 0 Å². The zero-order chi connectivity index (χ0) is 13.7. The van der Waals surface area contributed by atoms with E-state index in [1.54, 1.807) is 24.9 Å². The number of aliphatic carboxylic acids is 1. The van der Waals surface area contributed by atoms with Gasteiger partial charge in [-0.25, -0.2) is 0 Å². The molecule has 6 heteroatoms. The van der Waals surface area contributed by atoms with Crippen LogP contribution in [0.3, 0.4) is 0 Å². The van der Waals surface area contributed by atoms with Gasteiger partial charge in [-0.2, -0.15) is 5.10 Å². The van der Waals surface area contributed by atoms with Crippen LogP contribution in [0, 0.1) is 12.8 Å². The molecule has 0 aliphatic heterocycles. The molecule has 1 aromatic rings. The fourth-order valence-corrected chi connectivity index (χ4v) is 1.79. The number of carboxylic acids is 1. The molecule has 0 spiro atoms. The highest BCUT2D eigenvalue weighted by atomic mass is 16.4. The van der Waals surface area contributed by atoms with E-state index in [-0.39, 0.29) is 12.5 Å². The summed E-state index contributed by atoms with van der Waals surface area (Å²) < 4.78 is 1.56. The summed E-state index contributed by atoms with van der Waals surface area (Å²) in [6.45, 7) is 3.81. The van der Waals surface area contributed by atoms with Crippen LogP contribution in [0.1, 0.15) is 35.8 Å². The Morgan fingerprint density at radius 3 is 2.67 bits per heavy atom. The lowest BCUT2D eigenvalue weighted by molar-refractivity contribution is -0.141. The molecule has 0 saturated carbocycles. The van der Waals surface area contributed by atoms with Crippen LogP contribution in [0.4, 0.5) is 0 Å². The van der Waals surface area contributed by atoms with E-state index in [0.29, 0.717) is 17.7 Å². The maximum absolute atomic E-state index is 11.9. The molecule has 0 aliphatic carbocycles. The van der Waals surface area contributed by atoms with Gasteiger partial charge in [0, 0.05) is 19.8 Å². The Bertz CT molecular complexity index is 440. The van der Waals surface area contributed by atoms with Gasteiger partial charge in [0.25, 0.3) is 5.91 Å². The second-order valence-electron chi connectivity index (χ2n) is 4.34. The van der Waals surface area contributed by atoms with Crippen LogP contribution < -0.4 is 5.32 Å². The minimum atomic E-state index is -0.875. The molecule has 0 radical (unpaired) electrons. The Morgan fingerprint density at radius 1 is 1.56 bits per heavy atom. The number of hydrogen-bond acceptors (Lipinski definition) is 3. The van der Waals surface area contributed by atoms with Crippen molar-refractivity contribution in [2.24, 2.45) is 13.0 Å². The lowest BCUT2D eigenvalue weighted by Crippen LogP contribution is -2.33. The topological polar surface area (TPSA) is 84.2 Å².